The van der Waals surface area contributed by atoms with E-state index >= 15 is 0 Å². The highest BCUT2D eigenvalue weighted by atomic mass is 32.1. The Morgan fingerprint density at radius 2 is 1.70 bits per heavy atom. The number of benzene rings is 2. The fourth-order valence-electron chi connectivity index (χ4n) is 3.71. The van der Waals surface area contributed by atoms with Crippen LogP contribution in [0.1, 0.15) is 49.7 Å². The smallest absolute Gasteiger partial charge is 0.339 e. The predicted octanol–water partition coefficient (Wildman–Crippen LogP) is 4.97. The van der Waals surface area contributed by atoms with Crippen LogP contribution in [0, 0.1) is 0 Å². The number of anilines is 1. The van der Waals surface area contributed by atoms with E-state index in [9.17, 15) is 14.7 Å². The molecule has 1 heterocycles. The Labute approximate surface area is 161 Å². The summed E-state index contributed by atoms with van der Waals surface area (Å²) in [5.41, 5.74) is 4.19. The number of carboxylic acids is 1. The van der Waals surface area contributed by atoms with Crippen LogP contribution < -0.4 is 5.32 Å². The van der Waals surface area contributed by atoms with Gasteiger partial charge in [-0.15, -0.1) is 11.3 Å². The summed E-state index contributed by atoms with van der Waals surface area (Å²) in [6.45, 7) is 0. The highest BCUT2D eigenvalue weighted by Gasteiger charge is 2.28. The Morgan fingerprint density at radius 1 is 1.00 bits per heavy atom. The molecule has 1 atom stereocenters. The summed E-state index contributed by atoms with van der Waals surface area (Å²) in [6.07, 6.45) is 2.70. The zero-order valence-corrected chi connectivity index (χ0v) is 15.5. The maximum atomic E-state index is 12.4. The van der Waals surface area contributed by atoms with Gasteiger partial charge in [0.2, 0.25) is 0 Å². The van der Waals surface area contributed by atoms with Crippen molar-refractivity contribution in [3.63, 3.8) is 0 Å². The highest BCUT2D eigenvalue weighted by Crippen LogP contribution is 2.39. The molecular formula is C22H19NO3S. The van der Waals surface area contributed by atoms with Gasteiger partial charge in [-0.1, -0.05) is 42.5 Å². The monoisotopic (exact) mass is 377 g/mol. The summed E-state index contributed by atoms with van der Waals surface area (Å²) in [4.78, 5) is 24.4. The minimum absolute atomic E-state index is 0.157. The second kappa shape index (κ2) is 7.37. The molecule has 0 saturated heterocycles. The third-order valence-electron chi connectivity index (χ3n) is 5.08. The summed E-state index contributed by atoms with van der Waals surface area (Å²) in [7, 11) is 0. The van der Waals surface area contributed by atoms with E-state index in [0.29, 0.717) is 10.6 Å². The first-order chi connectivity index (χ1) is 13.1. The van der Waals surface area contributed by atoms with Crippen molar-refractivity contribution in [3.8, 4) is 0 Å². The lowest BCUT2D eigenvalue weighted by atomic mass is 9.80. The fourth-order valence-corrected chi connectivity index (χ4v) is 4.74. The Balaban J connectivity index is 1.62. The van der Waals surface area contributed by atoms with Crippen LogP contribution in [0.25, 0.3) is 0 Å². The van der Waals surface area contributed by atoms with Crippen molar-refractivity contribution < 1.29 is 14.7 Å². The molecule has 0 bridgehead atoms. The Hall–Kier alpha value is -2.92. The number of aryl methyl sites for hydroxylation is 1. The number of carbonyl (C=O) groups excluding carboxylic acids is 1. The molecule has 0 fully saturated rings. The number of amides is 1. The average Bonchev–Trinajstić information content (AvgIpc) is 3.12. The van der Waals surface area contributed by atoms with Gasteiger partial charge in [0, 0.05) is 5.56 Å². The van der Waals surface area contributed by atoms with Crippen molar-refractivity contribution in [3.05, 3.63) is 87.8 Å². The van der Waals surface area contributed by atoms with E-state index in [2.05, 4.69) is 17.4 Å². The van der Waals surface area contributed by atoms with Gasteiger partial charge < -0.3 is 10.4 Å². The third-order valence-corrected chi connectivity index (χ3v) is 6.00. The Morgan fingerprint density at radius 3 is 2.44 bits per heavy atom. The number of fused-ring (bicyclic) bond motifs is 1. The van der Waals surface area contributed by atoms with Gasteiger partial charge in [0.25, 0.3) is 5.91 Å². The molecule has 0 unspecified atom stereocenters. The quantitative estimate of drug-likeness (QED) is 0.674. The summed E-state index contributed by atoms with van der Waals surface area (Å²) in [5, 5.41) is 14.9. The number of thiophene rings is 1. The third kappa shape index (κ3) is 3.51. The van der Waals surface area contributed by atoms with Gasteiger partial charge in [0.1, 0.15) is 5.00 Å². The Bertz CT molecular complexity index is 994. The summed E-state index contributed by atoms with van der Waals surface area (Å²) in [5.74, 6) is -1.13. The molecule has 0 saturated carbocycles. The molecule has 0 radical (unpaired) electrons. The van der Waals surface area contributed by atoms with Crippen molar-refractivity contribution in [2.45, 2.75) is 25.2 Å². The normalized spacial score (nSPS) is 15.8. The zero-order chi connectivity index (χ0) is 18.8. The second-order valence-electron chi connectivity index (χ2n) is 6.73. The molecule has 0 spiro atoms. The number of hydrogen-bond acceptors (Lipinski definition) is 3. The molecule has 136 valence electrons. The number of carboxylic acid groups (broad SMARTS) is 1. The molecule has 4 nitrogen and oxygen atoms in total. The van der Waals surface area contributed by atoms with Crippen LogP contribution in [0.3, 0.4) is 0 Å². The van der Waals surface area contributed by atoms with Gasteiger partial charge in [0.15, 0.2) is 0 Å². The molecule has 1 aliphatic carbocycles. The molecule has 1 aromatic heterocycles. The van der Waals surface area contributed by atoms with Gasteiger partial charge in [0.05, 0.1) is 5.56 Å². The maximum absolute atomic E-state index is 12.4. The van der Waals surface area contributed by atoms with Gasteiger partial charge in [-0.2, -0.15) is 0 Å². The predicted molar refractivity (Wildman–Crippen MR) is 107 cm³/mol. The standard InChI is InChI=1S/C22H19NO3S/c24-20(15-7-2-1-3-8-15)23-21-19(22(25)26)18(13-27-21)17-11-10-14-6-4-5-9-16(14)12-17/h1-9,13,17H,10-12H2,(H,23,24)(H,25,26)/t17-/m0/s1. The average molecular weight is 377 g/mol. The van der Waals surface area contributed by atoms with Crippen molar-refractivity contribution >= 4 is 28.2 Å². The summed E-state index contributed by atoms with van der Waals surface area (Å²) in [6, 6.07) is 17.2. The summed E-state index contributed by atoms with van der Waals surface area (Å²) >= 11 is 1.29. The number of hydrogen-bond donors (Lipinski definition) is 2. The SMILES string of the molecule is O=C(Nc1scc([C@H]2CCc3ccccc3C2)c1C(=O)O)c1ccccc1. The lowest BCUT2D eigenvalue weighted by molar-refractivity contribution is 0.0696. The molecule has 1 aliphatic rings. The highest BCUT2D eigenvalue weighted by molar-refractivity contribution is 7.15. The molecule has 4 rings (SSSR count). The molecule has 2 aromatic carbocycles. The van der Waals surface area contributed by atoms with Crippen molar-refractivity contribution in [2.24, 2.45) is 0 Å². The van der Waals surface area contributed by atoms with Crippen molar-refractivity contribution in [1.82, 2.24) is 0 Å². The van der Waals surface area contributed by atoms with Crippen LogP contribution in [-0.4, -0.2) is 17.0 Å². The molecule has 5 heteroatoms. The van der Waals surface area contributed by atoms with Gasteiger partial charge >= 0.3 is 5.97 Å². The number of rotatable bonds is 4. The number of nitrogens with one attached hydrogen (secondary N) is 1. The van der Waals surface area contributed by atoms with Crippen LogP contribution in [0.2, 0.25) is 0 Å². The van der Waals surface area contributed by atoms with E-state index in [-0.39, 0.29) is 17.4 Å². The Kier molecular flexibility index (Phi) is 4.77. The maximum Gasteiger partial charge on any atom is 0.339 e. The first-order valence-corrected chi connectivity index (χ1v) is 9.79. The molecule has 3 aromatic rings. The molecule has 1 amide bonds. The van der Waals surface area contributed by atoms with E-state index in [1.807, 2.05) is 23.6 Å². The molecule has 0 aliphatic heterocycles. The minimum atomic E-state index is -0.992. The van der Waals surface area contributed by atoms with Crippen LogP contribution in [0.5, 0.6) is 0 Å². The molecule has 27 heavy (non-hydrogen) atoms. The van der Waals surface area contributed by atoms with Gasteiger partial charge in [-0.3, -0.25) is 4.79 Å². The fraction of sp³-hybridized carbons (Fsp3) is 0.182. The first-order valence-electron chi connectivity index (χ1n) is 8.91. The minimum Gasteiger partial charge on any atom is -0.478 e. The zero-order valence-electron chi connectivity index (χ0n) is 14.6. The van der Waals surface area contributed by atoms with Crippen molar-refractivity contribution in [2.75, 3.05) is 5.32 Å². The van der Waals surface area contributed by atoms with Crippen LogP contribution in [0.15, 0.2) is 60.0 Å². The van der Waals surface area contributed by atoms with E-state index in [1.54, 1.807) is 24.3 Å². The molecular weight excluding hydrogens is 358 g/mol. The first kappa shape index (κ1) is 17.5. The van der Waals surface area contributed by atoms with Gasteiger partial charge in [-0.25, -0.2) is 4.79 Å². The van der Waals surface area contributed by atoms with E-state index in [0.717, 1.165) is 24.8 Å². The van der Waals surface area contributed by atoms with Crippen LogP contribution in [-0.2, 0) is 12.8 Å². The van der Waals surface area contributed by atoms with E-state index in [4.69, 9.17) is 0 Å². The number of carbonyl (C=O) groups is 2. The van der Waals surface area contributed by atoms with Crippen LogP contribution >= 0.6 is 11.3 Å². The van der Waals surface area contributed by atoms with Gasteiger partial charge in [-0.05, 0) is 59.4 Å². The van der Waals surface area contributed by atoms with Crippen molar-refractivity contribution in [1.29, 1.82) is 0 Å². The number of aromatic carboxylic acids is 1. The van der Waals surface area contributed by atoms with Crippen LogP contribution in [0.4, 0.5) is 5.00 Å². The van der Waals surface area contributed by atoms with E-state index < -0.39 is 5.97 Å². The molecule has 2 N–H and O–H groups in total. The lowest BCUT2D eigenvalue weighted by Crippen LogP contribution is -2.17. The largest absolute Gasteiger partial charge is 0.478 e. The van der Waals surface area contributed by atoms with E-state index in [1.165, 1.54) is 22.5 Å². The topological polar surface area (TPSA) is 66.4 Å². The second-order valence-corrected chi connectivity index (χ2v) is 7.61. The summed E-state index contributed by atoms with van der Waals surface area (Å²) < 4.78 is 0. The lowest BCUT2D eigenvalue weighted by Gasteiger charge is -2.24.